The third kappa shape index (κ3) is 3.80. The first-order valence-electron chi connectivity index (χ1n) is 10.5. The minimum Gasteiger partial charge on any atom is -0.323 e. The first-order chi connectivity index (χ1) is 16.0. The van der Waals surface area contributed by atoms with Crippen LogP contribution in [0.3, 0.4) is 0 Å². The molecule has 2 heterocycles. The first-order valence-corrected chi connectivity index (χ1v) is 10.5. The molecule has 1 aromatic heterocycles. The van der Waals surface area contributed by atoms with Crippen molar-refractivity contribution in [3.05, 3.63) is 90.3 Å². The fourth-order valence-corrected chi connectivity index (χ4v) is 4.00. The number of rotatable bonds is 3. The molecule has 162 valence electrons. The van der Waals surface area contributed by atoms with Crippen LogP contribution in [0, 0.1) is 6.92 Å². The number of hydrogen-bond acceptors (Lipinski definition) is 4. The lowest BCUT2D eigenvalue weighted by molar-refractivity contribution is -0.124. The summed E-state index contributed by atoms with van der Waals surface area (Å²) in [4.78, 5) is 43.6. The normalized spacial score (nSPS) is 13.3. The molecule has 0 saturated heterocycles. The molecule has 0 aliphatic carbocycles. The molecule has 0 atom stereocenters. The van der Waals surface area contributed by atoms with E-state index >= 15 is 0 Å². The average molecular weight is 436 g/mol. The van der Waals surface area contributed by atoms with Gasteiger partial charge in [0.2, 0.25) is 11.8 Å². The maximum Gasteiger partial charge on any atom is 0.274 e. The van der Waals surface area contributed by atoms with Gasteiger partial charge in [0.15, 0.2) is 0 Å². The number of aromatic nitrogens is 1. The Bertz CT molecular complexity index is 1410. The second-order valence-corrected chi connectivity index (χ2v) is 7.80. The van der Waals surface area contributed by atoms with Crippen LogP contribution in [0.1, 0.15) is 22.5 Å². The predicted molar refractivity (Wildman–Crippen MR) is 128 cm³/mol. The minimum absolute atomic E-state index is 0.263. The predicted octanol–water partition coefficient (Wildman–Crippen LogP) is 4.80. The molecule has 4 aromatic rings. The zero-order chi connectivity index (χ0) is 22.9. The third-order valence-corrected chi connectivity index (χ3v) is 5.58. The number of hydrogen-bond donors (Lipinski definition) is 2. The van der Waals surface area contributed by atoms with Crippen LogP contribution < -0.4 is 15.5 Å². The van der Waals surface area contributed by atoms with E-state index < -0.39 is 0 Å². The molecule has 7 heteroatoms. The van der Waals surface area contributed by atoms with Crippen LogP contribution in [-0.2, 0) is 9.59 Å². The molecule has 2 N–H and O–H groups in total. The maximum absolute atomic E-state index is 13.0. The number of fused-ring (bicyclic) bond motifs is 3. The molecule has 0 fully saturated rings. The number of nitrogens with zero attached hydrogens (tertiary/aromatic N) is 2. The largest absolute Gasteiger partial charge is 0.323 e. The zero-order valence-electron chi connectivity index (χ0n) is 17.8. The summed E-state index contributed by atoms with van der Waals surface area (Å²) >= 11 is 0. The standard InChI is InChI=1S/C26H20N4O3/c1-16-5-4-14-27-24(16)26(33)28-18-9-11-19(12-10-18)30-21-13-8-17-6-2-3-7-20(17)25(21)29-22(31)15-23(30)32/h2-14H,15H2,1H3,(H,28,33)(H,29,31). The highest BCUT2D eigenvalue weighted by molar-refractivity contribution is 6.21. The van der Waals surface area contributed by atoms with Crippen molar-refractivity contribution in [1.29, 1.82) is 0 Å². The molecule has 0 radical (unpaired) electrons. The monoisotopic (exact) mass is 436 g/mol. The van der Waals surface area contributed by atoms with Crippen LogP contribution in [0.15, 0.2) is 79.0 Å². The zero-order valence-corrected chi connectivity index (χ0v) is 17.8. The van der Waals surface area contributed by atoms with E-state index in [1.54, 1.807) is 36.5 Å². The van der Waals surface area contributed by atoms with E-state index in [-0.39, 0.29) is 24.1 Å². The fraction of sp³-hybridized carbons (Fsp3) is 0.0769. The van der Waals surface area contributed by atoms with Crippen LogP contribution in [0.4, 0.5) is 22.7 Å². The van der Waals surface area contributed by atoms with Crippen molar-refractivity contribution in [2.45, 2.75) is 13.3 Å². The van der Waals surface area contributed by atoms with Crippen molar-refractivity contribution in [3.63, 3.8) is 0 Å². The summed E-state index contributed by atoms with van der Waals surface area (Å²) in [6.07, 6.45) is 1.31. The molecule has 1 aliphatic heterocycles. The van der Waals surface area contributed by atoms with Gasteiger partial charge in [-0.25, -0.2) is 0 Å². The summed E-state index contributed by atoms with van der Waals surface area (Å²) in [6.45, 7) is 1.83. The van der Waals surface area contributed by atoms with E-state index in [1.165, 1.54) is 4.90 Å². The van der Waals surface area contributed by atoms with Gasteiger partial charge in [0.25, 0.3) is 5.91 Å². The smallest absolute Gasteiger partial charge is 0.274 e. The van der Waals surface area contributed by atoms with Crippen LogP contribution >= 0.6 is 0 Å². The minimum atomic E-state index is -0.352. The van der Waals surface area contributed by atoms with Gasteiger partial charge in [-0.3, -0.25) is 24.3 Å². The number of benzene rings is 3. The van der Waals surface area contributed by atoms with E-state index in [2.05, 4.69) is 15.6 Å². The van der Waals surface area contributed by atoms with Crippen molar-refractivity contribution in [2.75, 3.05) is 15.5 Å². The highest BCUT2D eigenvalue weighted by Crippen LogP contribution is 2.40. The molecule has 3 amide bonds. The van der Waals surface area contributed by atoms with Crippen LogP contribution in [0.25, 0.3) is 10.8 Å². The number of pyridine rings is 1. The second kappa shape index (κ2) is 8.20. The van der Waals surface area contributed by atoms with Gasteiger partial charge in [-0.05, 0) is 54.3 Å². The van der Waals surface area contributed by atoms with Gasteiger partial charge in [0.1, 0.15) is 12.1 Å². The molecule has 5 rings (SSSR count). The molecule has 0 spiro atoms. The highest BCUT2D eigenvalue weighted by atomic mass is 16.2. The van der Waals surface area contributed by atoms with Gasteiger partial charge in [0.05, 0.1) is 11.4 Å². The number of aryl methyl sites for hydroxylation is 1. The number of amides is 3. The Morgan fingerprint density at radius 2 is 1.76 bits per heavy atom. The van der Waals surface area contributed by atoms with Gasteiger partial charge < -0.3 is 10.6 Å². The molecule has 0 unspecified atom stereocenters. The van der Waals surface area contributed by atoms with Gasteiger partial charge in [-0.1, -0.05) is 36.4 Å². The lowest BCUT2D eigenvalue weighted by Gasteiger charge is -2.23. The molecular weight excluding hydrogens is 416 g/mol. The van der Waals surface area contributed by atoms with Crippen molar-refractivity contribution in [1.82, 2.24) is 4.98 Å². The summed E-state index contributed by atoms with van der Waals surface area (Å²) in [6, 6.07) is 22.0. The molecular formula is C26H20N4O3. The van der Waals surface area contributed by atoms with Crippen LogP contribution in [0.5, 0.6) is 0 Å². The molecule has 33 heavy (non-hydrogen) atoms. The van der Waals surface area contributed by atoms with Crippen molar-refractivity contribution >= 4 is 51.2 Å². The Balaban J connectivity index is 1.50. The van der Waals surface area contributed by atoms with Gasteiger partial charge in [-0.15, -0.1) is 0 Å². The van der Waals surface area contributed by atoms with Crippen LogP contribution in [-0.4, -0.2) is 22.7 Å². The molecule has 3 aromatic carbocycles. The van der Waals surface area contributed by atoms with E-state index in [0.29, 0.717) is 28.4 Å². The van der Waals surface area contributed by atoms with Crippen molar-refractivity contribution < 1.29 is 14.4 Å². The maximum atomic E-state index is 13.0. The summed E-state index contributed by atoms with van der Waals surface area (Å²) in [5, 5.41) is 7.55. The molecule has 0 bridgehead atoms. The quantitative estimate of drug-likeness (QED) is 0.451. The van der Waals surface area contributed by atoms with Crippen molar-refractivity contribution in [2.24, 2.45) is 0 Å². The summed E-state index contributed by atoms with van der Waals surface area (Å²) in [7, 11) is 0. The van der Waals surface area contributed by atoms with E-state index in [4.69, 9.17) is 0 Å². The average Bonchev–Trinajstić information content (AvgIpc) is 2.94. The number of nitrogens with one attached hydrogen (secondary N) is 2. The SMILES string of the molecule is Cc1cccnc1C(=O)Nc1ccc(N2C(=O)CC(=O)Nc3c2ccc2ccccc32)cc1. The fourth-order valence-electron chi connectivity index (χ4n) is 4.00. The summed E-state index contributed by atoms with van der Waals surface area (Å²) in [5.41, 5.74) is 3.51. The van der Waals surface area contributed by atoms with E-state index in [9.17, 15) is 14.4 Å². The van der Waals surface area contributed by atoms with Gasteiger partial charge in [-0.2, -0.15) is 0 Å². The summed E-state index contributed by atoms with van der Waals surface area (Å²) in [5.74, 6) is -0.990. The van der Waals surface area contributed by atoms with Gasteiger partial charge >= 0.3 is 0 Å². The Kier molecular flexibility index (Phi) is 5.06. The Morgan fingerprint density at radius 3 is 2.55 bits per heavy atom. The topological polar surface area (TPSA) is 91.4 Å². The Labute approximate surface area is 190 Å². The van der Waals surface area contributed by atoms with E-state index in [1.807, 2.05) is 49.4 Å². The summed E-state index contributed by atoms with van der Waals surface area (Å²) < 4.78 is 0. The van der Waals surface area contributed by atoms with Crippen LogP contribution in [0.2, 0.25) is 0 Å². The number of anilines is 4. The third-order valence-electron chi connectivity index (χ3n) is 5.58. The number of carbonyl (C=O) groups is 3. The molecule has 1 aliphatic rings. The Hall–Kier alpha value is -4.52. The second-order valence-electron chi connectivity index (χ2n) is 7.80. The molecule has 7 nitrogen and oxygen atoms in total. The highest BCUT2D eigenvalue weighted by Gasteiger charge is 2.28. The Morgan fingerprint density at radius 1 is 0.970 bits per heavy atom. The molecule has 0 saturated carbocycles. The lowest BCUT2D eigenvalue weighted by atomic mass is 10.1. The van der Waals surface area contributed by atoms with E-state index in [0.717, 1.165) is 16.3 Å². The number of carbonyl (C=O) groups excluding carboxylic acids is 3. The van der Waals surface area contributed by atoms with Crippen molar-refractivity contribution in [3.8, 4) is 0 Å². The van der Waals surface area contributed by atoms with Gasteiger partial charge in [0, 0.05) is 23.0 Å². The lowest BCUT2D eigenvalue weighted by Crippen LogP contribution is -2.26. The first kappa shape index (κ1) is 20.4.